The number of carbonyl (C=O) groups excluding carboxylic acids is 1. The molecule has 0 aliphatic carbocycles. The van der Waals surface area contributed by atoms with Crippen molar-refractivity contribution in [3.8, 4) is 0 Å². The quantitative estimate of drug-likeness (QED) is 0.758. The van der Waals surface area contributed by atoms with Crippen LogP contribution in [0.25, 0.3) is 0 Å². The maximum atomic E-state index is 11.8. The van der Waals surface area contributed by atoms with Crippen LogP contribution < -0.4 is 5.73 Å². The minimum atomic E-state index is 0.166. The van der Waals surface area contributed by atoms with Gasteiger partial charge in [-0.2, -0.15) is 0 Å². The third kappa shape index (κ3) is 4.40. The van der Waals surface area contributed by atoms with Gasteiger partial charge in [-0.1, -0.05) is 6.92 Å². The summed E-state index contributed by atoms with van der Waals surface area (Å²) < 4.78 is 5.38. The Labute approximate surface area is 95.5 Å². The lowest BCUT2D eigenvalue weighted by atomic mass is 10.3. The van der Waals surface area contributed by atoms with Gasteiger partial charge in [0.1, 0.15) is 0 Å². The molecule has 15 heavy (non-hydrogen) atoms. The number of hydrogen-bond acceptors (Lipinski definition) is 4. The van der Waals surface area contributed by atoms with Crippen molar-refractivity contribution >= 4 is 17.7 Å². The molecule has 2 atom stereocenters. The van der Waals surface area contributed by atoms with Crippen molar-refractivity contribution in [2.45, 2.75) is 25.2 Å². The molecule has 2 N–H and O–H groups in total. The molecule has 4 nitrogen and oxygen atoms in total. The Bertz CT molecular complexity index is 214. The first-order valence-electron chi connectivity index (χ1n) is 5.34. The summed E-state index contributed by atoms with van der Waals surface area (Å²) in [6.07, 6.45) is 0.166. The molecule has 1 aliphatic rings. The smallest absolute Gasteiger partial charge is 0.232 e. The van der Waals surface area contributed by atoms with E-state index in [0.29, 0.717) is 24.2 Å². The zero-order valence-corrected chi connectivity index (χ0v) is 10.3. The summed E-state index contributed by atoms with van der Waals surface area (Å²) in [5.74, 6) is 0.737. The van der Waals surface area contributed by atoms with Crippen LogP contribution in [0.5, 0.6) is 0 Å². The molecule has 0 saturated carbocycles. The fourth-order valence-electron chi connectivity index (χ4n) is 1.42. The van der Waals surface area contributed by atoms with Gasteiger partial charge in [-0.25, -0.2) is 0 Å². The monoisotopic (exact) mass is 232 g/mol. The number of morpholine rings is 1. The lowest BCUT2D eigenvalue weighted by Crippen LogP contribution is -2.45. The highest BCUT2D eigenvalue weighted by molar-refractivity contribution is 8.00. The van der Waals surface area contributed by atoms with Crippen LogP contribution in [-0.4, -0.2) is 54.2 Å². The molecule has 0 spiro atoms. The van der Waals surface area contributed by atoms with E-state index in [0.717, 1.165) is 13.1 Å². The molecule has 0 aromatic rings. The molecule has 0 aromatic carbocycles. The van der Waals surface area contributed by atoms with Gasteiger partial charge in [0.2, 0.25) is 5.91 Å². The number of thioether (sulfide) groups is 1. The van der Waals surface area contributed by atoms with E-state index in [9.17, 15) is 4.79 Å². The Balaban J connectivity index is 2.26. The lowest BCUT2D eigenvalue weighted by Gasteiger charge is -2.31. The van der Waals surface area contributed by atoms with Crippen molar-refractivity contribution < 1.29 is 9.53 Å². The number of hydrogen-bond donors (Lipinski definition) is 1. The summed E-state index contributed by atoms with van der Waals surface area (Å²) in [5.41, 5.74) is 5.49. The van der Waals surface area contributed by atoms with Crippen LogP contribution in [0, 0.1) is 0 Å². The second kappa shape index (κ2) is 6.35. The normalized spacial score (nSPS) is 23.9. The van der Waals surface area contributed by atoms with E-state index in [1.54, 1.807) is 11.8 Å². The van der Waals surface area contributed by atoms with E-state index in [2.05, 4.69) is 0 Å². The van der Waals surface area contributed by atoms with E-state index in [-0.39, 0.29) is 12.0 Å². The molecule has 1 saturated heterocycles. The van der Waals surface area contributed by atoms with Crippen molar-refractivity contribution in [2.24, 2.45) is 5.73 Å². The molecule has 1 aliphatic heterocycles. The standard InChI is InChI=1S/C10H20N2O2S/c1-8-6-12(3-4-14-8)10(13)7-15-9(2)5-11/h8-9H,3-7,11H2,1-2H3. The highest BCUT2D eigenvalue weighted by Crippen LogP contribution is 2.12. The zero-order chi connectivity index (χ0) is 11.3. The topological polar surface area (TPSA) is 55.6 Å². The number of nitrogens with zero attached hydrogens (tertiary/aromatic N) is 1. The van der Waals surface area contributed by atoms with Gasteiger partial charge in [-0.15, -0.1) is 11.8 Å². The third-order valence-electron chi connectivity index (χ3n) is 2.42. The van der Waals surface area contributed by atoms with Crippen molar-refractivity contribution in [2.75, 3.05) is 32.0 Å². The fraction of sp³-hybridized carbons (Fsp3) is 0.900. The number of amides is 1. The van der Waals surface area contributed by atoms with Gasteiger partial charge in [-0.05, 0) is 6.92 Å². The summed E-state index contributed by atoms with van der Waals surface area (Å²) >= 11 is 1.62. The van der Waals surface area contributed by atoms with Crippen molar-refractivity contribution in [1.82, 2.24) is 4.90 Å². The first kappa shape index (κ1) is 12.8. The third-order valence-corrected chi connectivity index (χ3v) is 3.59. The molecule has 0 aromatic heterocycles. The summed E-state index contributed by atoms with van der Waals surface area (Å²) in [6, 6.07) is 0. The van der Waals surface area contributed by atoms with E-state index in [1.807, 2.05) is 18.7 Å². The average Bonchev–Trinajstić information content (AvgIpc) is 2.25. The number of ether oxygens (including phenoxy) is 1. The molecule has 1 amide bonds. The Morgan fingerprint density at radius 3 is 3.07 bits per heavy atom. The molecule has 0 bridgehead atoms. The Hall–Kier alpha value is -0.260. The molecule has 2 unspecified atom stereocenters. The Morgan fingerprint density at radius 2 is 2.47 bits per heavy atom. The summed E-state index contributed by atoms with van der Waals surface area (Å²) in [7, 11) is 0. The Kier molecular flexibility index (Phi) is 5.42. The van der Waals surface area contributed by atoms with Gasteiger partial charge in [0.15, 0.2) is 0 Å². The SMILES string of the molecule is CC1CN(C(=O)CSC(C)CN)CCO1. The lowest BCUT2D eigenvalue weighted by molar-refractivity contribution is -0.135. The molecule has 88 valence electrons. The van der Waals surface area contributed by atoms with Crippen LogP contribution in [0.1, 0.15) is 13.8 Å². The van der Waals surface area contributed by atoms with Gasteiger partial charge >= 0.3 is 0 Å². The van der Waals surface area contributed by atoms with Crippen LogP contribution in [0.15, 0.2) is 0 Å². The maximum absolute atomic E-state index is 11.8. The van der Waals surface area contributed by atoms with E-state index in [4.69, 9.17) is 10.5 Å². The van der Waals surface area contributed by atoms with E-state index >= 15 is 0 Å². The molecule has 1 rings (SSSR count). The second-order valence-electron chi connectivity index (χ2n) is 3.88. The first-order chi connectivity index (χ1) is 7.13. The Morgan fingerprint density at radius 1 is 1.73 bits per heavy atom. The summed E-state index contributed by atoms with van der Waals surface area (Å²) in [5, 5.41) is 0.354. The van der Waals surface area contributed by atoms with E-state index < -0.39 is 0 Å². The molecule has 5 heteroatoms. The molecular weight excluding hydrogens is 212 g/mol. The summed E-state index contributed by atoms with van der Waals surface area (Å²) in [6.45, 7) is 6.76. The van der Waals surface area contributed by atoms with Gasteiger partial charge in [0, 0.05) is 24.9 Å². The number of carbonyl (C=O) groups is 1. The fourth-order valence-corrected chi connectivity index (χ4v) is 2.16. The van der Waals surface area contributed by atoms with Crippen molar-refractivity contribution in [1.29, 1.82) is 0 Å². The predicted molar refractivity (Wildman–Crippen MR) is 63.0 cm³/mol. The average molecular weight is 232 g/mol. The van der Waals surface area contributed by atoms with E-state index in [1.165, 1.54) is 0 Å². The number of nitrogens with two attached hydrogens (primary N) is 1. The van der Waals surface area contributed by atoms with Crippen LogP contribution >= 0.6 is 11.8 Å². The minimum Gasteiger partial charge on any atom is -0.375 e. The second-order valence-corrected chi connectivity index (χ2v) is 5.31. The van der Waals surface area contributed by atoms with Crippen LogP contribution in [0.4, 0.5) is 0 Å². The van der Waals surface area contributed by atoms with Crippen LogP contribution in [-0.2, 0) is 9.53 Å². The molecule has 1 heterocycles. The minimum absolute atomic E-state index is 0.166. The number of rotatable bonds is 4. The van der Waals surface area contributed by atoms with Gasteiger partial charge in [-0.3, -0.25) is 4.79 Å². The van der Waals surface area contributed by atoms with Gasteiger partial charge in [0.25, 0.3) is 0 Å². The summed E-state index contributed by atoms with van der Waals surface area (Å²) in [4.78, 5) is 13.7. The largest absolute Gasteiger partial charge is 0.375 e. The first-order valence-corrected chi connectivity index (χ1v) is 6.39. The molecule has 1 fully saturated rings. The molecular formula is C10H20N2O2S. The predicted octanol–water partition coefficient (Wildman–Crippen LogP) is 0.314. The zero-order valence-electron chi connectivity index (χ0n) is 9.44. The van der Waals surface area contributed by atoms with Gasteiger partial charge < -0.3 is 15.4 Å². The van der Waals surface area contributed by atoms with Crippen molar-refractivity contribution in [3.63, 3.8) is 0 Å². The molecule has 0 radical (unpaired) electrons. The highest BCUT2D eigenvalue weighted by Gasteiger charge is 2.21. The van der Waals surface area contributed by atoms with Crippen molar-refractivity contribution in [3.05, 3.63) is 0 Å². The van der Waals surface area contributed by atoms with Crippen LogP contribution in [0.2, 0.25) is 0 Å². The van der Waals surface area contributed by atoms with Gasteiger partial charge in [0.05, 0.1) is 18.5 Å². The van der Waals surface area contributed by atoms with Crippen LogP contribution in [0.3, 0.4) is 0 Å². The maximum Gasteiger partial charge on any atom is 0.232 e. The highest BCUT2D eigenvalue weighted by atomic mass is 32.2.